The number of nitrogens with one attached hydrogen (secondary N) is 1. The van der Waals surface area contributed by atoms with Gasteiger partial charge in [0.1, 0.15) is 6.10 Å². The first-order valence-electron chi connectivity index (χ1n) is 4.29. The van der Waals surface area contributed by atoms with Crippen molar-refractivity contribution in [2.75, 3.05) is 0 Å². The molecular formula is C10H11LiNO2. The van der Waals surface area contributed by atoms with Gasteiger partial charge in [-0.3, -0.25) is 0 Å². The van der Waals surface area contributed by atoms with Gasteiger partial charge in [0.05, 0.1) is 6.04 Å². The average molecular weight is 184 g/mol. The van der Waals surface area contributed by atoms with Gasteiger partial charge in [0.15, 0.2) is 0 Å². The van der Waals surface area contributed by atoms with E-state index < -0.39 is 0 Å². The summed E-state index contributed by atoms with van der Waals surface area (Å²) in [7, 11) is 0. The maximum absolute atomic E-state index is 10.9. The molecule has 1 aromatic rings. The number of cyclic esters (lactones) is 1. The van der Waals surface area contributed by atoms with Crippen molar-refractivity contribution >= 4 is 25.0 Å². The third kappa shape index (κ3) is 2.12. The minimum atomic E-state index is -0.332. The van der Waals surface area contributed by atoms with Crippen LogP contribution in [0, 0.1) is 0 Å². The van der Waals surface area contributed by atoms with E-state index in [2.05, 4.69) is 5.32 Å². The van der Waals surface area contributed by atoms with Crippen LogP contribution in [-0.2, 0) is 4.74 Å². The molecule has 1 aliphatic heterocycles. The van der Waals surface area contributed by atoms with Crippen molar-refractivity contribution in [2.45, 2.75) is 19.1 Å². The van der Waals surface area contributed by atoms with Crippen LogP contribution in [0.4, 0.5) is 4.79 Å². The van der Waals surface area contributed by atoms with Gasteiger partial charge in [0, 0.05) is 18.9 Å². The molecule has 1 aromatic carbocycles. The number of rotatable bonds is 1. The molecule has 0 unspecified atom stereocenters. The summed E-state index contributed by atoms with van der Waals surface area (Å²) in [5.41, 5.74) is 1.04. The molecule has 0 saturated carbocycles. The Kier molecular flexibility index (Phi) is 3.62. The van der Waals surface area contributed by atoms with Gasteiger partial charge in [-0.05, 0) is 12.5 Å². The van der Waals surface area contributed by atoms with Gasteiger partial charge in [0.25, 0.3) is 0 Å². The van der Waals surface area contributed by atoms with Crippen LogP contribution in [0.1, 0.15) is 18.6 Å². The zero-order valence-electron chi connectivity index (χ0n) is 8.36. The number of amides is 1. The van der Waals surface area contributed by atoms with Crippen LogP contribution >= 0.6 is 0 Å². The van der Waals surface area contributed by atoms with Gasteiger partial charge in [-0.1, -0.05) is 30.3 Å². The monoisotopic (exact) mass is 184 g/mol. The van der Waals surface area contributed by atoms with Crippen LogP contribution in [0.2, 0.25) is 0 Å². The minimum Gasteiger partial charge on any atom is -0.439 e. The second kappa shape index (κ2) is 4.54. The molecule has 1 aliphatic rings. The summed E-state index contributed by atoms with van der Waals surface area (Å²) in [6.07, 6.45) is -0.477. The predicted octanol–water partition coefficient (Wildman–Crippen LogP) is 1.48. The van der Waals surface area contributed by atoms with Gasteiger partial charge in [-0.15, -0.1) is 0 Å². The van der Waals surface area contributed by atoms with Crippen LogP contribution in [0.5, 0.6) is 0 Å². The maximum atomic E-state index is 10.9. The van der Waals surface area contributed by atoms with Crippen molar-refractivity contribution in [3.8, 4) is 0 Å². The van der Waals surface area contributed by atoms with Crippen molar-refractivity contribution in [3.05, 3.63) is 35.9 Å². The van der Waals surface area contributed by atoms with Gasteiger partial charge < -0.3 is 10.1 Å². The quantitative estimate of drug-likeness (QED) is 0.671. The minimum absolute atomic E-state index is 0. The van der Waals surface area contributed by atoms with E-state index in [0.717, 1.165) is 5.56 Å². The second-order valence-electron chi connectivity index (χ2n) is 3.17. The summed E-state index contributed by atoms with van der Waals surface area (Å²) >= 11 is 0. The number of carbonyl (C=O) groups excluding carboxylic acids is 1. The first-order valence-corrected chi connectivity index (χ1v) is 4.29. The Morgan fingerprint density at radius 3 is 2.43 bits per heavy atom. The summed E-state index contributed by atoms with van der Waals surface area (Å²) < 4.78 is 5.11. The number of carbonyl (C=O) groups is 1. The Morgan fingerprint density at radius 1 is 1.29 bits per heavy atom. The van der Waals surface area contributed by atoms with Gasteiger partial charge in [-0.25, -0.2) is 4.79 Å². The Hall–Kier alpha value is -0.913. The van der Waals surface area contributed by atoms with Crippen molar-refractivity contribution in [1.82, 2.24) is 5.32 Å². The van der Waals surface area contributed by atoms with Crippen LogP contribution in [0.25, 0.3) is 0 Å². The van der Waals surface area contributed by atoms with Crippen LogP contribution in [-0.4, -0.2) is 31.0 Å². The summed E-state index contributed by atoms with van der Waals surface area (Å²) in [5, 5.41) is 2.70. The smallest absolute Gasteiger partial charge is 0.408 e. The van der Waals surface area contributed by atoms with Crippen molar-refractivity contribution in [2.24, 2.45) is 0 Å². The fraction of sp³-hybridized carbons (Fsp3) is 0.300. The molecule has 1 heterocycles. The number of alkyl carbamates (subject to hydrolysis) is 1. The summed E-state index contributed by atoms with van der Waals surface area (Å²) in [5.74, 6) is 0. The van der Waals surface area contributed by atoms with Crippen LogP contribution in [0.15, 0.2) is 30.3 Å². The molecule has 0 aliphatic carbocycles. The van der Waals surface area contributed by atoms with E-state index in [1.807, 2.05) is 37.3 Å². The van der Waals surface area contributed by atoms with Crippen molar-refractivity contribution in [3.63, 3.8) is 0 Å². The molecule has 0 spiro atoms. The van der Waals surface area contributed by atoms with E-state index >= 15 is 0 Å². The van der Waals surface area contributed by atoms with Gasteiger partial charge in [-0.2, -0.15) is 0 Å². The fourth-order valence-corrected chi connectivity index (χ4v) is 1.51. The van der Waals surface area contributed by atoms with E-state index in [4.69, 9.17) is 4.74 Å². The largest absolute Gasteiger partial charge is 0.439 e. The summed E-state index contributed by atoms with van der Waals surface area (Å²) in [4.78, 5) is 10.9. The zero-order chi connectivity index (χ0) is 9.26. The van der Waals surface area contributed by atoms with E-state index in [9.17, 15) is 4.79 Å². The molecular weight excluding hydrogens is 173 g/mol. The Bertz CT molecular complexity index is 315. The molecule has 1 N–H and O–H groups in total. The summed E-state index contributed by atoms with van der Waals surface area (Å²) in [6.45, 7) is 1.93. The molecule has 14 heavy (non-hydrogen) atoms. The van der Waals surface area contributed by atoms with E-state index in [1.165, 1.54) is 0 Å². The summed E-state index contributed by atoms with van der Waals surface area (Å²) in [6, 6.07) is 9.79. The van der Waals surface area contributed by atoms with E-state index in [0.29, 0.717) is 0 Å². The third-order valence-corrected chi connectivity index (χ3v) is 2.16. The fourth-order valence-electron chi connectivity index (χ4n) is 1.51. The molecule has 0 bridgehead atoms. The number of hydrogen-bond acceptors (Lipinski definition) is 2. The topological polar surface area (TPSA) is 38.3 Å². The number of ether oxygens (including phenoxy) is 1. The Balaban J connectivity index is 0.000000980. The number of hydrogen-bond donors (Lipinski definition) is 1. The molecule has 69 valence electrons. The zero-order valence-corrected chi connectivity index (χ0v) is 8.36. The maximum Gasteiger partial charge on any atom is 0.408 e. The second-order valence-corrected chi connectivity index (χ2v) is 3.17. The molecule has 2 rings (SSSR count). The number of benzene rings is 1. The first-order chi connectivity index (χ1) is 6.27. The van der Waals surface area contributed by atoms with Gasteiger partial charge in [0.2, 0.25) is 0 Å². The van der Waals surface area contributed by atoms with E-state index in [-0.39, 0.29) is 37.1 Å². The van der Waals surface area contributed by atoms with E-state index in [1.54, 1.807) is 0 Å². The molecule has 0 aromatic heterocycles. The third-order valence-electron chi connectivity index (χ3n) is 2.16. The van der Waals surface area contributed by atoms with Crippen molar-refractivity contribution in [1.29, 1.82) is 0 Å². The molecule has 2 atom stereocenters. The first kappa shape index (κ1) is 11.2. The molecule has 1 fully saturated rings. The average Bonchev–Trinajstić information content (AvgIpc) is 2.47. The van der Waals surface area contributed by atoms with Crippen LogP contribution in [0.3, 0.4) is 0 Å². The Morgan fingerprint density at radius 2 is 1.93 bits per heavy atom. The van der Waals surface area contributed by atoms with Crippen LogP contribution < -0.4 is 5.32 Å². The molecule has 4 heteroatoms. The molecule has 1 radical (unpaired) electrons. The van der Waals surface area contributed by atoms with Crippen molar-refractivity contribution < 1.29 is 9.53 Å². The predicted molar refractivity (Wildman–Crippen MR) is 54.0 cm³/mol. The molecule has 1 amide bonds. The normalized spacial score (nSPS) is 24.8. The standard InChI is InChI=1S/C10H11NO2.Li/c1-7-9(13-10(12)11-7)8-5-3-2-4-6-8;/h2-7,9H,1H3,(H,11,12);/t7-,9-;/m1./s1. The van der Waals surface area contributed by atoms with Gasteiger partial charge >= 0.3 is 6.09 Å². The Labute approximate surface area is 95.0 Å². The molecule has 1 saturated heterocycles. The molecule has 3 nitrogen and oxygen atoms in total. The SMILES string of the molecule is C[C@H]1NC(=O)O[C@H]1c1ccccc1.[Li].